The van der Waals surface area contributed by atoms with Crippen molar-refractivity contribution in [2.45, 2.75) is 0 Å². The number of nitrogen functional groups attached to an aromatic ring is 1. The van der Waals surface area contributed by atoms with E-state index >= 15 is 0 Å². The van der Waals surface area contributed by atoms with E-state index in [1.165, 1.54) is 0 Å². The lowest BCUT2D eigenvalue weighted by Crippen LogP contribution is -1.90. The maximum absolute atomic E-state index is 5.75. The molecule has 76 valence electrons. The summed E-state index contributed by atoms with van der Waals surface area (Å²) in [5, 5.41) is 0.343. The summed E-state index contributed by atoms with van der Waals surface area (Å²) in [4.78, 5) is 4.01. The van der Waals surface area contributed by atoms with Gasteiger partial charge >= 0.3 is 0 Å². The maximum atomic E-state index is 5.75. The Hall–Kier alpha value is -1.06. The zero-order valence-electron chi connectivity index (χ0n) is 7.74. The maximum Gasteiger partial charge on any atom is 0.151 e. The molecule has 0 saturated carbocycles. The van der Waals surface area contributed by atoms with Gasteiger partial charge in [-0.2, -0.15) is 0 Å². The number of nitrogens with two attached hydrogens (primary N) is 1. The largest absolute Gasteiger partial charge is 0.396 e. The number of aromatic nitrogens is 1. The monoisotopic (exact) mass is 282 g/mol. The Kier molecular flexibility index (Phi) is 2.93. The summed E-state index contributed by atoms with van der Waals surface area (Å²) in [6.07, 6.45) is 1.71. The SMILES string of the molecule is Nc1cc(-c2ccc(Br)cc2)cnc1Cl. The second kappa shape index (κ2) is 4.21. The van der Waals surface area contributed by atoms with E-state index < -0.39 is 0 Å². The minimum absolute atomic E-state index is 0.343. The molecule has 2 rings (SSSR count). The Bertz CT molecular complexity index is 482. The summed E-state index contributed by atoms with van der Waals surface area (Å²) in [5.41, 5.74) is 8.21. The molecule has 2 nitrogen and oxygen atoms in total. The van der Waals surface area contributed by atoms with E-state index in [2.05, 4.69) is 20.9 Å². The number of rotatable bonds is 1. The van der Waals surface area contributed by atoms with Crippen LogP contribution in [0.5, 0.6) is 0 Å². The first-order valence-corrected chi connectivity index (χ1v) is 5.51. The minimum atomic E-state index is 0.343. The topological polar surface area (TPSA) is 38.9 Å². The molecule has 0 aliphatic carbocycles. The van der Waals surface area contributed by atoms with Gasteiger partial charge in [0, 0.05) is 16.2 Å². The molecule has 0 fully saturated rings. The molecular weight excluding hydrogens is 275 g/mol. The molecule has 0 spiro atoms. The van der Waals surface area contributed by atoms with Crippen molar-refractivity contribution in [3.8, 4) is 11.1 Å². The molecule has 2 N–H and O–H groups in total. The van der Waals surface area contributed by atoms with Crippen molar-refractivity contribution in [1.29, 1.82) is 0 Å². The van der Waals surface area contributed by atoms with Crippen LogP contribution >= 0.6 is 27.5 Å². The summed E-state index contributed by atoms with van der Waals surface area (Å²) in [7, 11) is 0. The van der Waals surface area contributed by atoms with E-state index in [1.807, 2.05) is 30.3 Å². The van der Waals surface area contributed by atoms with Crippen LogP contribution in [0.3, 0.4) is 0 Å². The zero-order chi connectivity index (χ0) is 10.8. The highest BCUT2D eigenvalue weighted by Crippen LogP contribution is 2.25. The first kappa shape index (κ1) is 10.5. The fourth-order valence-corrected chi connectivity index (χ4v) is 1.63. The van der Waals surface area contributed by atoms with Crippen LogP contribution < -0.4 is 5.73 Å². The van der Waals surface area contributed by atoms with Crippen LogP contribution in [0.1, 0.15) is 0 Å². The van der Waals surface area contributed by atoms with Crippen molar-refractivity contribution in [1.82, 2.24) is 4.98 Å². The van der Waals surface area contributed by atoms with Crippen LogP contribution in [0.4, 0.5) is 5.69 Å². The molecule has 1 aromatic carbocycles. The molecule has 4 heteroatoms. The molecule has 0 radical (unpaired) electrons. The Morgan fingerprint density at radius 3 is 2.40 bits per heavy atom. The van der Waals surface area contributed by atoms with Crippen LogP contribution in [-0.2, 0) is 0 Å². The van der Waals surface area contributed by atoms with E-state index in [0.717, 1.165) is 15.6 Å². The van der Waals surface area contributed by atoms with E-state index in [0.29, 0.717) is 10.8 Å². The standard InChI is InChI=1S/C11H8BrClN2/c12-9-3-1-7(2-4-9)8-5-10(14)11(13)15-6-8/h1-6H,14H2. The van der Waals surface area contributed by atoms with Crippen LogP contribution in [-0.4, -0.2) is 4.98 Å². The van der Waals surface area contributed by atoms with Crippen LogP contribution in [0, 0.1) is 0 Å². The second-order valence-electron chi connectivity index (χ2n) is 3.11. The summed E-state index contributed by atoms with van der Waals surface area (Å²) in [6.45, 7) is 0. The van der Waals surface area contributed by atoms with Gasteiger partial charge in [-0.1, -0.05) is 39.7 Å². The van der Waals surface area contributed by atoms with Gasteiger partial charge in [-0.25, -0.2) is 4.98 Å². The third-order valence-corrected chi connectivity index (χ3v) is 2.89. The van der Waals surface area contributed by atoms with E-state index in [1.54, 1.807) is 6.20 Å². The lowest BCUT2D eigenvalue weighted by Gasteiger charge is -2.03. The van der Waals surface area contributed by atoms with Crippen molar-refractivity contribution in [2.75, 3.05) is 5.73 Å². The molecule has 1 aromatic heterocycles. The highest BCUT2D eigenvalue weighted by molar-refractivity contribution is 9.10. The molecule has 0 atom stereocenters. The molecule has 15 heavy (non-hydrogen) atoms. The van der Waals surface area contributed by atoms with Gasteiger partial charge in [0.1, 0.15) is 0 Å². The van der Waals surface area contributed by atoms with Gasteiger partial charge < -0.3 is 5.73 Å². The van der Waals surface area contributed by atoms with Gasteiger partial charge in [0.15, 0.2) is 5.15 Å². The predicted molar refractivity (Wildman–Crippen MR) is 66.8 cm³/mol. The van der Waals surface area contributed by atoms with Gasteiger partial charge in [0.05, 0.1) is 5.69 Å². The quantitative estimate of drug-likeness (QED) is 0.810. The summed E-state index contributed by atoms with van der Waals surface area (Å²) >= 11 is 9.13. The lowest BCUT2D eigenvalue weighted by molar-refractivity contribution is 1.33. The van der Waals surface area contributed by atoms with E-state index in [-0.39, 0.29) is 0 Å². The Balaban J connectivity index is 2.45. The molecule has 0 unspecified atom stereocenters. The lowest BCUT2D eigenvalue weighted by atomic mass is 10.1. The van der Waals surface area contributed by atoms with Crippen molar-refractivity contribution < 1.29 is 0 Å². The van der Waals surface area contributed by atoms with E-state index in [4.69, 9.17) is 17.3 Å². The van der Waals surface area contributed by atoms with Gasteiger partial charge in [0.2, 0.25) is 0 Å². The predicted octanol–water partition coefficient (Wildman–Crippen LogP) is 3.75. The van der Waals surface area contributed by atoms with Gasteiger partial charge in [0.25, 0.3) is 0 Å². The Morgan fingerprint density at radius 1 is 1.13 bits per heavy atom. The summed E-state index contributed by atoms with van der Waals surface area (Å²) < 4.78 is 1.04. The number of pyridine rings is 1. The molecule has 0 aliphatic rings. The van der Waals surface area contributed by atoms with Crippen molar-refractivity contribution in [3.63, 3.8) is 0 Å². The van der Waals surface area contributed by atoms with Gasteiger partial charge in [-0.3, -0.25) is 0 Å². The first-order valence-electron chi connectivity index (χ1n) is 4.34. The first-order chi connectivity index (χ1) is 7.16. The Morgan fingerprint density at radius 2 is 1.80 bits per heavy atom. The van der Waals surface area contributed by atoms with Gasteiger partial charge in [-0.05, 0) is 23.8 Å². The number of hydrogen-bond donors (Lipinski definition) is 1. The second-order valence-corrected chi connectivity index (χ2v) is 4.38. The van der Waals surface area contributed by atoms with Crippen molar-refractivity contribution in [3.05, 3.63) is 46.2 Å². The fraction of sp³-hybridized carbons (Fsp3) is 0. The molecular formula is C11H8BrClN2. The fourth-order valence-electron chi connectivity index (χ4n) is 1.27. The molecule has 0 aliphatic heterocycles. The highest BCUT2D eigenvalue weighted by atomic mass is 79.9. The number of halogens is 2. The van der Waals surface area contributed by atoms with Crippen LogP contribution in [0.15, 0.2) is 41.0 Å². The summed E-state index contributed by atoms with van der Waals surface area (Å²) in [5.74, 6) is 0. The number of hydrogen-bond acceptors (Lipinski definition) is 2. The number of benzene rings is 1. The van der Waals surface area contributed by atoms with Gasteiger partial charge in [-0.15, -0.1) is 0 Å². The number of nitrogens with zero attached hydrogens (tertiary/aromatic N) is 1. The zero-order valence-corrected chi connectivity index (χ0v) is 10.1. The normalized spacial score (nSPS) is 10.3. The average Bonchev–Trinajstić information content (AvgIpc) is 2.23. The summed E-state index contributed by atoms with van der Waals surface area (Å²) in [6, 6.07) is 9.75. The van der Waals surface area contributed by atoms with Crippen LogP contribution in [0.25, 0.3) is 11.1 Å². The number of anilines is 1. The third kappa shape index (κ3) is 2.30. The van der Waals surface area contributed by atoms with Crippen LogP contribution in [0.2, 0.25) is 5.15 Å². The van der Waals surface area contributed by atoms with E-state index in [9.17, 15) is 0 Å². The molecule has 0 bridgehead atoms. The molecule has 0 amide bonds. The van der Waals surface area contributed by atoms with Crippen molar-refractivity contribution in [2.24, 2.45) is 0 Å². The van der Waals surface area contributed by atoms with Crippen molar-refractivity contribution >= 4 is 33.2 Å². The molecule has 1 heterocycles. The highest BCUT2D eigenvalue weighted by Gasteiger charge is 2.01. The minimum Gasteiger partial charge on any atom is -0.396 e. The molecule has 0 saturated heterocycles. The molecule has 2 aromatic rings. The average molecular weight is 284 g/mol. The third-order valence-electron chi connectivity index (χ3n) is 2.04. The smallest absolute Gasteiger partial charge is 0.151 e. The Labute approximate surface area is 101 Å².